The number of aromatic nitrogens is 2. The van der Waals surface area contributed by atoms with Crippen LogP contribution in [-0.4, -0.2) is 66.0 Å². The molecule has 1 saturated carbocycles. The Labute approximate surface area is 217 Å². The number of imidazole rings is 1. The van der Waals surface area contributed by atoms with Gasteiger partial charge >= 0.3 is 0 Å². The number of carbonyl (C=O) groups excluding carboxylic acids is 1. The van der Waals surface area contributed by atoms with Gasteiger partial charge in [0.05, 0.1) is 40.3 Å². The van der Waals surface area contributed by atoms with E-state index in [4.69, 9.17) is 5.73 Å². The maximum atomic E-state index is 14.7. The monoisotopic (exact) mass is 502 g/mol. The molecule has 3 aliphatic rings. The van der Waals surface area contributed by atoms with Crippen LogP contribution < -0.4 is 10.6 Å². The van der Waals surface area contributed by atoms with E-state index in [1.807, 2.05) is 23.9 Å². The second-order valence-corrected chi connectivity index (χ2v) is 10.7. The summed E-state index contributed by atoms with van der Waals surface area (Å²) in [6.07, 6.45) is 9.37. The normalized spacial score (nSPS) is 21.6. The van der Waals surface area contributed by atoms with Crippen LogP contribution in [0.3, 0.4) is 0 Å². The molecular formula is C29H35FN6O. The molecule has 3 heterocycles. The summed E-state index contributed by atoms with van der Waals surface area (Å²) in [5.41, 5.74) is 12.8. The minimum atomic E-state index is -0.830. The Hall–Kier alpha value is -3.26. The average molecular weight is 503 g/mol. The summed E-state index contributed by atoms with van der Waals surface area (Å²) in [5.74, 6) is -0.418. The average Bonchev–Trinajstić information content (AvgIpc) is 3.67. The molecule has 194 valence electrons. The first-order valence-corrected chi connectivity index (χ1v) is 13.6. The lowest BCUT2D eigenvalue weighted by molar-refractivity contribution is 0.1000. The zero-order valence-corrected chi connectivity index (χ0v) is 21.5. The number of aliphatic imine (C=N–C) groups is 1. The van der Waals surface area contributed by atoms with E-state index >= 15 is 0 Å². The lowest BCUT2D eigenvalue weighted by atomic mass is 9.92. The summed E-state index contributed by atoms with van der Waals surface area (Å²) in [7, 11) is 2.03. The maximum Gasteiger partial charge on any atom is 0.251 e. The molecule has 8 heteroatoms. The highest BCUT2D eigenvalue weighted by molar-refractivity contribution is 6.06. The smallest absolute Gasteiger partial charge is 0.251 e. The number of likely N-dealkylation sites (tertiary alicyclic amines) is 1. The molecule has 1 aromatic heterocycles. The van der Waals surface area contributed by atoms with Gasteiger partial charge in [0.1, 0.15) is 6.17 Å². The number of hydrogen-bond donors (Lipinski definition) is 1. The third-order valence-electron chi connectivity index (χ3n) is 8.39. The van der Waals surface area contributed by atoms with Crippen LogP contribution in [-0.2, 0) is 6.42 Å². The summed E-state index contributed by atoms with van der Waals surface area (Å²) in [6, 6.07) is 8.08. The zero-order valence-electron chi connectivity index (χ0n) is 21.5. The number of likely N-dealkylation sites (N-methyl/N-ethyl adjacent to an activating group) is 1. The van der Waals surface area contributed by atoms with Crippen LogP contribution in [0.25, 0.3) is 22.2 Å². The summed E-state index contributed by atoms with van der Waals surface area (Å²) < 4.78 is 16.7. The van der Waals surface area contributed by atoms with Gasteiger partial charge < -0.3 is 20.1 Å². The number of benzene rings is 2. The molecular weight excluding hydrogens is 467 g/mol. The number of amides is 1. The van der Waals surface area contributed by atoms with Crippen molar-refractivity contribution in [2.75, 3.05) is 38.1 Å². The topological polar surface area (TPSA) is 79.8 Å². The van der Waals surface area contributed by atoms with Gasteiger partial charge in [0.15, 0.2) is 0 Å². The molecule has 1 saturated heterocycles. The molecule has 6 rings (SSSR count). The van der Waals surface area contributed by atoms with E-state index in [0.717, 1.165) is 84.5 Å². The Balaban J connectivity index is 1.38. The molecule has 2 N–H and O–H groups in total. The first-order chi connectivity index (χ1) is 18.0. The van der Waals surface area contributed by atoms with Crippen molar-refractivity contribution in [3.05, 3.63) is 41.7 Å². The number of nitrogens with two attached hydrogens (primary N) is 1. The van der Waals surface area contributed by atoms with Gasteiger partial charge in [-0.15, -0.1) is 0 Å². The van der Waals surface area contributed by atoms with Crippen molar-refractivity contribution in [1.82, 2.24) is 14.5 Å². The molecule has 2 aliphatic heterocycles. The standard InChI is InChI=1S/C29H35FN6O/c1-34(14-15-35-12-4-5-13-35)26-17-21(28-20(10-11-32-28)27(26)29(31)37)19-8-9-25-23(16-19)33-18-36(25)24-7-3-2-6-22(24)30/h8-9,11,16-18,22,24H,2-7,10,12-15H2,1H3,(H2,31,37)/t22-,24-/m1/s1. The van der Waals surface area contributed by atoms with Gasteiger partial charge in [-0.25, -0.2) is 9.37 Å². The highest BCUT2D eigenvalue weighted by Gasteiger charge is 2.29. The molecule has 0 unspecified atom stereocenters. The third-order valence-corrected chi connectivity index (χ3v) is 8.39. The summed E-state index contributed by atoms with van der Waals surface area (Å²) in [6.45, 7) is 4.04. The number of fused-ring (bicyclic) bond motifs is 2. The van der Waals surface area contributed by atoms with E-state index < -0.39 is 12.1 Å². The Morgan fingerprint density at radius 1 is 1.16 bits per heavy atom. The number of nitrogens with zero attached hydrogens (tertiary/aromatic N) is 5. The molecule has 2 aromatic carbocycles. The number of halogens is 1. The van der Waals surface area contributed by atoms with Crippen LogP contribution in [0.1, 0.15) is 60.5 Å². The van der Waals surface area contributed by atoms with Gasteiger partial charge in [-0.3, -0.25) is 9.79 Å². The van der Waals surface area contributed by atoms with Gasteiger partial charge in [-0.1, -0.05) is 18.9 Å². The Morgan fingerprint density at radius 3 is 2.76 bits per heavy atom. The molecule has 1 amide bonds. The van der Waals surface area contributed by atoms with Crippen molar-refractivity contribution < 1.29 is 9.18 Å². The molecule has 2 atom stereocenters. The number of rotatable bonds is 7. The van der Waals surface area contributed by atoms with E-state index in [1.165, 1.54) is 12.8 Å². The molecule has 0 spiro atoms. The largest absolute Gasteiger partial charge is 0.373 e. The van der Waals surface area contributed by atoms with E-state index in [1.54, 1.807) is 6.33 Å². The van der Waals surface area contributed by atoms with Crippen LogP contribution in [0.4, 0.5) is 15.8 Å². The van der Waals surface area contributed by atoms with Gasteiger partial charge in [0.2, 0.25) is 0 Å². The predicted molar refractivity (Wildman–Crippen MR) is 147 cm³/mol. The lowest BCUT2D eigenvalue weighted by Gasteiger charge is -2.27. The molecule has 1 aliphatic carbocycles. The first-order valence-electron chi connectivity index (χ1n) is 13.6. The van der Waals surface area contributed by atoms with Gasteiger partial charge in [-0.05, 0) is 68.1 Å². The van der Waals surface area contributed by atoms with E-state index in [9.17, 15) is 9.18 Å². The highest BCUT2D eigenvalue weighted by atomic mass is 19.1. The molecule has 3 aromatic rings. The Kier molecular flexibility index (Phi) is 6.44. The van der Waals surface area contributed by atoms with Crippen molar-refractivity contribution in [2.24, 2.45) is 10.7 Å². The second-order valence-electron chi connectivity index (χ2n) is 10.7. The minimum Gasteiger partial charge on any atom is -0.373 e. The second kappa shape index (κ2) is 9.89. The predicted octanol–water partition coefficient (Wildman–Crippen LogP) is 5.05. The van der Waals surface area contributed by atoms with Crippen LogP contribution in [0.5, 0.6) is 0 Å². The van der Waals surface area contributed by atoms with Crippen LogP contribution >= 0.6 is 0 Å². The van der Waals surface area contributed by atoms with Crippen molar-refractivity contribution in [1.29, 1.82) is 0 Å². The van der Waals surface area contributed by atoms with Gasteiger partial charge in [0, 0.05) is 38.3 Å². The number of alkyl halides is 1. The number of hydrogen-bond acceptors (Lipinski definition) is 5. The summed E-state index contributed by atoms with van der Waals surface area (Å²) >= 11 is 0. The fourth-order valence-electron chi connectivity index (χ4n) is 6.34. The maximum absolute atomic E-state index is 14.7. The minimum absolute atomic E-state index is 0.149. The quantitative estimate of drug-likeness (QED) is 0.491. The molecule has 2 fully saturated rings. The van der Waals surface area contributed by atoms with Gasteiger partial charge in [0.25, 0.3) is 5.91 Å². The third kappa shape index (κ3) is 4.41. The van der Waals surface area contributed by atoms with Crippen molar-refractivity contribution in [3.63, 3.8) is 0 Å². The van der Waals surface area contributed by atoms with E-state index in [0.29, 0.717) is 18.4 Å². The fraction of sp³-hybridized carbons (Fsp3) is 0.483. The summed E-state index contributed by atoms with van der Waals surface area (Å²) in [5, 5.41) is 0. The number of anilines is 1. The highest BCUT2D eigenvalue weighted by Crippen LogP contribution is 2.43. The molecule has 37 heavy (non-hydrogen) atoms. The van der Waals surface area contributed by atoms with Crippen LogP contribution in [0, 0.1) is 0 Å². The van der Waals surface area contributed by atoms with Crippen molar-refractivity contribution in [2.45, 2.75) is 57.2 Å². The van der Waals surface area contributed by atoms with Crippen LogP contribution in [0.15, 0.2) is 35.6 Å². The van der Waals surface area contributed by atoms with Crippen molar-refractivity contribution in [3.8, 4) is 11.1 Å². The molecule has 7 nitrogen and oxygen atoms in total. The van der Waals surface area contributed by atoms with Gasteiger partial charge in [-0.2, -0.15) is 0 Å². The van der Waals surface area contributed by atoms with E-state index in [-0.39, 0.29) is 6.04 Å². The first kappa shape index (κ1) is 24.1. The molecule has 0 bridgehead atoms. The lowest BCUT2D eigenvalue weighted by Crippen LogP contribution is -2.32. The van der Waals surface area contributed by atoms with Crippen molar-refractivity contribution >= 4 is 34.5 Å². The van der Waals surface area contributed by atoms with E-state index in [2.05, 4.69) is 38.0 Å². The number of primary amides is 1. The Morgan fingerprint density at radius 2 is 1.97 bits per heavy atom. The Bertz CT molecular complexity index is 1360. The fourth-order valence-corrected chi connectivity index (χ4v) is 6.34. The zero-order chi connectivity index (χ0) is 25.5. The molecule has 0 radical (unpaired) electrons. The van der Waals surface area contributed by atoms with Crippen LogP contribution in [0.2, 0.25) is 0 Å². The summed E-state index contributed by atoms with van der Waals surface area (Å²) in [4.78, 5) is 26.6. The number of carbonyl (C=O) groups is 1. The SMILES string of the molecule is CN(CCN1CCCC1)c1cc(-c2ccc3c(c2)ncn3[C@@H]2CCCC[C@H]2F)c2c(c1C(N)=O)CC=N2.